The van der Waals surface area contributed by atoms with Crippen LogP contribution in [-0.2, 0) is 6.54 Å². The van der Waals surface area contributed by atoms with Crippen molar-refractivity contribution in [2.75, 3.05) is 38.2 Å². The van der Waals surface area contributed by atoms with Gasteiger partial charge in [-0.3, -0.25) is 4.90 Å². The van der Waals surface area contributed by atoms with E-state index in [0.29, 0.717) is 19.2 Å². The highest BCUT2D eigenvalue weighted by Gasteiger charge is 2.33. The summed E-state index contributed by atoms with van der Waals surface area (Å²) in [6.07, 6.45) is 1.79. The fraction of sp³-hybridized carbons (Fsp3) is 0.588. The van der Waals surface area contributed by atoms with Crippen LogP contribution in [0.15, 0.2) is 30.3 Å². The molecule has 1 aromatic carbocycles. The lowest BCUT2D eigenvalue weighted by Crippen LogP contribution is -2.52. The highest BCUT2D eigenvalue weighted by molar-refractivity contribution is 5.45. The van der Waals surface area contributed by atoms with Crippen molar-refractivity contribution < 1.29 is 9.84 Å². The number of para-hydroxylation sites is 1. The van der Waals surface area contributed by atoms with Gasteiger partial charge in [-0.15, -0.1) is 0 Å². The molecule has 0 bridgehead atoms. The van der Waals surface area contributed by atoms with E-state index < -0.39 is 0 Å². The average molecular weight is 346 g/mol. The summed E-state index contributed by atoms with van der Waals surface area (Å²) in [6.45, 7) is 6.02. The molecule has 8 nitrogen and oxygen atoms in total. The maximum absolute atomic E-state index is 9.92. The molecule has 0 amide bonds. The van der Waals surface area contributed by atoms with E-state index in [2.05, 4.69) is 25.7 Å². The van der Waals surface area contributed by atoms with E-state index in [0.717, 1.165) is 38.2 Å². The Morgan fingerprint density at radius 1 is 1.24 bits per heavy atom. The Morgan fingerprint density at radius 3 is 2.68 bits per heavy atom. The molecule has 0 radical (unpaired) electrons. The Balaban J connectivity index is 1.46. The molecule has 0 atom stereocenters. The maximum atomic E-state index is 9.92. The Hall–Kier alpha value is -2.19. The van der Waals surface area contributed by atoms with Gasteiger partial charge in [0.1, 0.15) is 6.61 Å². The van der Waals surface area contributed by atoms with Crippen molar-refractivity contribution in [3.8, 4) is 6.01 Å². The van der Waals surface area contributed by atoms with Gasteiger partial charge in [-0.05, 0) is 42.3 Å². The quantitative estimate of drug-likeness (QED) is 0.737. The average Bonchev–Trinajstić information content (AvgIpc) is 3.12. The second kappa shape index (κ2) is 8.26. The van der Waals surface area contributed by atoms with Crippen LogP contribution in [0.5, 0.6) is 6.01 Å². The first kappa shape index (κ1) is 17.6. The van der Waals surface area contributed by atoms with Crippen LogP contribution in [0.2, 0.25) is 0 Å². The molecular weight excluding hydrogens is 320 g/mol. The molecule has 2 N–H and O–H groups in total. The van der Waals surface area contributed by atoms with Crippen LogP contribution in [0.1, 0.15) is 19.8 Å². The van der Waals surface area contributed by atoms with Crippen molar-refractivity contribution in [1.29, 1.82) is 0 Å². The molecule has 1 aliphatic rings. The molecule has 1 aromatic heterocycles. The number of hydrogen-bond acceptors (Lipinski definition) is 7. The molecule has 1 aliphatic heterocycles. The zero-order chi connectivity index (χ0) is 17.5. The number of aliphatic hydroxyl groups is 1. The first-order chi connectivity index (χ1) is 12.2. The number of piperidine rings is 1. The summed E-state index contributed by atoms with van der Waals surface area (Å²) in [5, 5.41) is 24.8. The molecule has 3 rings (SSSR count). The molecule has 25 heavy (non-hydrogen) atoms. The van der Waals surface area contributed by atoms with E-state index in [1.807, 2.05) is 37.3 Å². The first-order valence-electron chi connectivity index (χ1n) is 8.80. The van der Waals surface area contributed by atoms with Crippen LogP contribution in [0.3, 0.4) is 0 Å². The normalized spacial score (nSPS) is 17.4. The number of hydrogen-bond donors (Lipinski definition) is 2. The summed E-state index contributed by atoms with van der Waals surface area (Å²) in [4.78, 5) is 2.35. The SMILES string of the molecule is CCn1nnnc1OCCN1CCC(CO)(Nc2ccccc2)CC1. The van der Waals surface area contributed by atoms with Crippen LogP contribution in [0.4, 0.5) is 5.69 Å². The maximum Gasteiger partial charge on any atom is 0.335 e. The smallest absolute Gasteiger partial charge is 0.335 e. The summed E-state index contributed by atoms with van der Waals surface area (Å²) in [5.74, 6) is 0. The summed E-state index contributed by atoms with van der Waals surface area (Å²) in [7, 11) is 0. The second-order valence-corrected chi connectivity index (χ2v) is 6.40. The minimum absolute atomic E-state index is 0.136. The summed E-state index contributed by atoms with van der Waals surface area (Å²) in [6, 6.07) is 10.5. The molecule has 2 aromatic rings. The monoisotopic (exact) mass is 346 g/mol. The van der Waals surface area contributed by atoms with Gasteiger partial charge in [-0.1, -0.05) is 23.3 Å². The van der Waals surface area contributed by atoms with Crippen molar-refractivity contribution in [3.63, 3.8) is 0 Å². The lowest BCUT2D eigenvalue weighted by atomic mass is 9.88. The molecule has 0 spiro atoms. The van der Waals surface area contributed by atoms with E-state index in [9.17, 15) is 5.11 Å². The first-order valence-corrected chi connectivity index (χ1v) is 8.80. The molecule has 0 unspecified atom stereocenters. The minimum atomic E-state index is -0.245. The number of aryl methyl sites for hydroxylation is 1. The van der Waals surface area contributed by atoms with Crippen LogP contribution >= 0.6 is 0 Å². The van der Waals surface area contributed by atoms with Gasteiger partial charge in [0.25, 0.3) is 0 Å². The number of aliphatic hydroxyl groups excluding tert-OH is 1. The third-order valence-electron chi connectivity index (χ3n) is 4.74. The van der Waals surface area contributed by atoms with Gasteiger partial charge in [0, 0.05) is 31.9 Å². The van der Waals surface area contributed by atoms with E-state index in [-0.39, 0.29) is 12.1 Å². The number of benzene rings is 1. The van der Waals surface area contributed by atoms with E-state index in [1.165, 1.54) is 0 Å². The molecule has 2 heterocycles. The number of nitrogens with zero attached hydrogens (tertiary/aromatic N) is 5. The van der Waals surface area contributed by atoms with Crippen LogP contribution in [0, 0.1) is 0 Å². The van der Waals surface area contributed by atoms with Gasteiger partial charge in [-0.2, -0.15) is 4.68 Å². The fourth-order valence-electron chi connectivity index (χ4n) is 3.12. The van der Waals surface area contributed by atoms with Gasteiger partial charge in [0.2, 0.25) is 0 Å². The largest absolute Gasteiger partial charge is 0.461 e. The zero-order valence-corrected chi connectivity index (χ0v) is 14.6. The van der Waals surface area contributed by atoms with Crippen molar-refractivity contribution in [2.45, 2.75) is 31.8 Å². The number of ether oxygens (including phenoxy) is 1. The molecule has 136 valence electrons. The van der Waals surface area contributed by atoms with Crippen LogP contribution in [0.25, 0.3) is 0 Å². The zero-order valence-electron chi connectivity index (χ0n) is 14.6. The van der Waals surface area contributed by atoms with Gasteiger partial charge in [0.05, 0.1) is 12.1 Å². The molecule has 1 saturated heterocycles. The number of anilines is 1. The molecule has 0 aliphatic carbocycles. The van der Waals surface area contributed by atoms with Crippen molar-refractivity contribution in [1.82, 2.24) is 25.1 Å². The molecule has 8 heteroatoms. The summed E-state index contributed by atoms with van der Waals surface area (Å²) >= 11 is 0. The highest BCUT2D eigenvalue weighted by Crippen LogP contribution is 2.26. The lowest BCUT2D eigenvalue weighted by molar-refractivity contribution is 0.105. The highest BCUT2D eigenvalue weighted by atomic mass is 16.5. The third kappa shape index (κ3) is 4.46. The number of aromatic nitrogens is 4. The topological polar surface area (TPSA) is 88.3 Å². The second-order valence-electron chi connectivity index (χ2n) is 6.40. The van der Waals surface area contributed by atoms with Crippen LogP contribution in [-0.4, -0.2) is 68.6 Å². The van der Waals surface area contributed by atoms with Gasteiger partial charge >= 0.3 is 6.01 Å². The summed E-state index contributed by atoms with van der Waals surface area (Å²) < 4.78 is 7.30. The molecule has 1 fully saturated rings. The predicted octanol–water partition coefficient (Wildman–Crippen LogP) is 1.01. The molecular formula is C17H26N6O2. The van der Waals surface area contributed by atoms with E-state index >= 15 is 0 Å². The van der Waals surface area contributed by atoms with E-state index in [4.69, 9.17) is 4.74 Å². The Kier molecular flexibility index (Phi) is 5.83. The number of likely N-dealkylation sites (tertiary alicyclic amines) is 1. The van der Waals surface area contributed by atoms with Crippen molar-refractivity contribution in [3.05, 3.63) is 30.3 Å². The number of rotatable bonds is 8. The minimum Gasteiger partial charge on any atom is -0.461 e. The van der Waals surface area contributed by atoms with Crippen molar-refractivity contribution in [2.24, 2.45) is 0 Å². The van der Waals surface area contributed by atoms with Gasteiger partial charge in [0.15, 0.2) is 0 Å². The Morgan fingerprint density at radius 2 is 2.00 bits per heavy atom. The standard InChI is InChI=1S/C17H26N6O2/c1-2-23-16(19-20-21-23)25-13-12-22-10-8-17(14-24,9-11-22)18-15-6-4-3-5-7-15/h3-7,18,24H,2,8-14H2,1H3. The number of nitrogens with one attached hydrogen (secondary N) is 1. The predicted molar refractivity (Wildman–Crippen MR) is 94.5 cm³/mol. The van der Waals surface area contributed by atoms with Crippen molar-refractivity contribution >= 4 is 5.69 Å². The van der Waals surface area contributed by atoms with Gasteiger partial charge in [-0.25, -0.2) is 0 Å². The van der Waals surface area contributed by atoms with Gasteiger partial charge < -0.3 is 15.2 Å². The van der Waals surface area contributed by atoms with Crippen LogP contribution < -0.4 is 10.1 Å². The Labute approximate surface area is 147 Å². The number of tetrazole rings is 1. The summed E-state index contributed by atoms with van der Waals surface area (Å²) in [5.41, 5.74) is 0.810. The van der Waals surface area contributed by atoms with E-state index in [1.54, 1.807) is 4.68 Å². The third-order valence-corrected chi connectivity index (χ3v) is 4.74. The Bertz CT molecular complexity index is 640. The molecule has 0 saturated carbocycles. The fourth-order valence-corrected chi connectivity index (χ4v) is 3.12. The lowest BCUT2D eigenvalue weighted by Gasteiger charge is -2.41.